The van der Waals surface area contributed by atoms with E-state index in [0.717, 1.165) is 17.0 Å². The van der Waals surface area contributed by atoms with Crippen LogP contribution in [0.3, 0.4) is 0 Å². The number of imide groups is 1. The number of nitro groups is 1. The number of hydrogen-bond acceptors (Lipinski definition) is 10. The Bertz CT molecular complexity index is 2000. The first-order chi connectivity index (χ1) is 26.7. The molecule has 13 nitrogen and oxygen atoms in total. The fraction of sp³-hybridized carbons (Fsp3) is 0.436. The minimum absolute atomic E-state index is 0.0228. The predicted molar refractivity (Wildman–Crippen MR) is 209 cm³/mol. The number of carbonyl (C=O) groups is 3. The largest absolute Gasteiger partial charge is 0.496 e. The summed E-state index contributed by atoms with van der Waals surface area (Å²) in [5, 5.41) is 14.4. The van der Waals surface area contributed by atoms with Gasteiger partial charge in [-0.15, -0.1) is 0 Å². The minimum Gasteiger partial charge on any atom is -0.496 e. The summed E-state index contributed by atoms with van der Waals surface area (Å²) in [5.41, 5.74) is -1.87. The molecule has 1 saturated heterocycles. The molecule has 308 valence electrons. The first-order valence-corrected chi connectivity index (χ1v) is 18.6. The molecule has 3 aromatic carbocycles. The van der Waals surface area contributed by atoms with Crippen LogP contribution in [0, 0.1) is 16.0 Å². The van der Waals surface area contributed by atoms with E-state index in [2.05, 4.69) is 5.32 Å². The third-order valence-corrected chi connectivity index (χ3v) is 9.76. The van der Waals surface area contributed by atoms with Gasteiger partial charge in [-0.2, -0.15) is 13.2 Å². The first-order valence-electron chi connectivity index (χ1n) is 17.8. The smallest absolute Gasteiger partial charge is 0.417 e. The highest BCUT2D eigenvalue weighted by atomic mass is 35.5. The van der Waals surface area contributed by atoms with E-state index in [9.17, 15) is 37.7 Å². The number of alkyl halides is 3. The van der Waals surface area contributed by atoms with Crippen LogP contribution in [0.4, 0.5) is 23.7 Å². The van der Waals surface area contributed by atoms with Crippen molar-refractivity contribution in [2.24, 2.45) is 5.92 Å². The van der Waals surface area contributed by atoms with Crippen LogP contribution in [-0.4, -0.2) is 77.6 Å². The van der Waals surface area contributed by atoms with Gasteiger partial charge in [0.05, 0.1) is 72.4 Å². The van der Waals surface area contributed by atoms with E-state index < -0.39 is 62.8 Å². The van der Waals surface area contributed by atoms with E-state index in [0.29, 0.717) is 29.2 Å². The molecule has 0 unspecified atom stereocenters. The number of halogens is 4. The van der Waals surface area contributed by atoms with Crippen molar-refractivity contribution in [1.82, 2.24) is 15.1 Å². The van der Waals surface area contributed by atoms with Gasteiger partial charge in [-0.1, -0.05) is 49.3 Å². The highest BCUT2D eigenvalue weighted by Crippen LogP contribution is 2.38. The number of urea groups is 1. The number of nitrogens with zero attached hydrogens (tertiary/aromatic N) is 3. The lowest BCUT2D eigenvalue weighted by atomic mass is 9.96. The summed E-state index contributed by atoms with van der Waals surface area (Å²) in [6.07, 6.45) is -4.22. The monoisotopic (exact) mass is 836 g/mol. The molecule has 0 aliphatic carbocycles. The molecule has 0 spiro atoms. The average Bonchev–Trinajstić information content (AvgIpc) is 3.25. The highest BCUT2D eigenvalue weighted by Gasteiger charge is 2.39. The molecule has 0 aromatic heterocycles. The molecule has 2 atom stereocenters. The van der Waals surface area contributed by atoms with Crippen molar-refractivity contribution in [3.63, 3.8) is 0 Å². The van der Waals surface area contributed by atoms with Gasteiger partial charge < -0.3 is 29.2 Å². The maximum atomic E-state index is 14.4. The van der Waals surface area contributed by atoms with Gasteiger partial charge in [0.25, 0.3) is 5.69 Å². The molecule has 1 N–H and O–H groups in total. The Morgan fingerprint density at radius 1 is 1.04 bits per heavy atom. The van der Waals surface area contributed by atoms with Crippen molar-refractivity contribution in [2.75, 3.05) is 34.4 Å². The summed E-state index contributed by atoms with van der Waals surface area (Å²) in [6.45, 7) is 6.22. The second-order valence-corrected chi connectivity index (χ2v) is 15.1. The van der Waals surface area contributed by atoms with Gasteiger partial charge in [0.2, 0.25) is 5.91 Å². The van der Waals surface area contributed by atoms with E-state index in [4.69, 9.17) is 42.8 Å². The number of benzene rings is 3. The van der Waals surface area contributed by atoms with Gasteiger partial charge in [0.1, 0.15) is 28.4 Å². The van der Waals surface area contributed by atoms with Crippen LogP contribution >= 0.6 is 23.8 Å². The van der Waals surface area contributed by atoms with Crippen LogP contribution in [0.25, 0.3) is 0 Å². The number of rotatable bonds is 13. The third kappa shape index (κ3) is 11.0. The topological polar surface area (TPSA) is 150 Å². The van der Waals surface area contributed by atoms with Crippen LogP contribution < -0.4 is 19.5 Å². The Labute approximate surface area is 338 Å². The number of nitro benzene ring substituents is 1. The predicted octanol–water partition coefficient (Wildman–Crippen LogP) is 8.33. The Balaban J connectivity index is 1.74. The summed E-state index contributed by atoms with van der Waals surface area (Å²) in [7, 11) is 4.37. The van der Waals surface area contributed by atoms with Gasteiger partial charge in [0, 0.05) is 24.7 Å². The molecule has 57 heavy (non-hydrogen) atoms. The summed E-state index contributed by atoms with van der Waals surface area (Å²) < 4.78 is 63.5. The van der Waals surface area contributed by atoms with Crippen LogP contribution in [0.5, 0.6) is 17.2 Å². The molecule has 4 rings (SSSR count). The van der Waals surface area contributed by atoms with E-state index >= 15 is 0 Å². The second kappa shape index (κ2) is 18.4. The molecule has 1 aliphatic rings. The number of carbonyl (C=O) groups excluding carboxylic acids is 3. The van der Waals surface area contributed by atoms with Gasteiger partial charge in [-0.25, -0.2) is 9.59 Å². The number of methoxy groups -OCH3 is 3. The molecule has 18 heteroatoms. The Morgan fingerprint density at radius 2 is 1.68 bits per heavy atom. The van der Waals surface area contributed by atoms with Crippen LogP contribution in [0.1, 0.15) is 79.2 Å². The third-order valence-electron chi connectivity index (χ3n) is 9.05. The summed E-state index contributed by atoms with van der Waals surface area (Å²) >= 11 is 11.7. The zero-order valence-electron chi connectivity index (χ0n) is 32.5. The number of amides is 3. The highest BCUT2D eigenvalue weighted by molar-refractivity contribution is 7.80. The minimum atomic E-state index is -4.77. The molecule has 0 radical (unpaired) electrons. The lowest BCUT2D eigenvalue weighted by molar-refractivity contribution is -0.385. The van der Waals surface area contributed by atoms with E-state index in [1.807, 2.05) is 6.92 Å². The molecule has 1 heterocycles. The fourth-order valence-electron chi connectivity index (χ4n) is 6.34. The van der Waals surface area contributed by atoms with Crippen molar-refractivity contribution >= 4 is 52.4 Å². The van der Waals surface area contributed by atoms with Crippen molar-refractivity contribution in [3.8, 4) is 17.2 Å². The fourth-order valence-corrected chi connectivity index (χ4v) is 6.83. The van der Waals surface area contributed by atoms with E-state index in [1.165, 1.54) is 45.6 Å². The van der Waals surface area contributed by atoms with Gasteiger partial charge in [-0.3, -0.25) is 19.8 Å². The molecule has 1 aliphatic heterocycles. The van der Waals surface area contributed by atoms with Crippen LogP contribution in [0.2, 0.25) is 5.02 Å². The van der Waals surface area contributed by atoms with Crippen molar-refractivity contribution < 1.29 is 51.4 Å². The summed E-state index contributed by atoms with van der Waals surface area (Å²) in [6, 6.07) is 8.73. The number of ether oxygens (including phenoxy) is 4. The Kier molecular flexibility index (Phi) is 14.4. The zero-order valence-corrected chi connectivity index (χ0v) is 34.0. The number of hydrogen-bond donors (Lipinski definition) is 1. The first kappa shape index (κ1) is 44.6. The number of nitrogens with one attached hydrogen (secondary N) is 1. The molecule has 3 amide bonds. The maximum absolute atomic E-state index is 14.4. The lowest BCUT2D eigenvalue weighted by Gasteiger charge is -2.27. The molecule has 0 saturated carbocycles. The standard InChI is InChI=1S/C39H44ClF3N4O9S/c1-8-9-30(23-11-12-26(31(16-23)47(51)52)36(49)56-38(2,3)4)44-37(50)46-21-34(57)45(20-27-32(54-6)17-25(53-5)18-33(27)55-7)19-24(35(46)48)14-22-10-13-29(40)28(15-22)39(41,42)43/h10-13,15-18,24,30H,8-9,14,19-21H2,1-7H3,(H,44,50)/t24-,30+/m0/s1. The number of esters is 1. The zero-order chi connectivity index (χ0) is 42.4. The Morgan fingerprint density at radius 3 is 2.23 bits per heavy atom. The van der Waals surface area contributed by atoms with E-state index in [1.54, 1.807) is 37.8 Å². The van der Waals surface area contributed by atoms with Gasteiger partial charge in [-0.05, 0) is 62.9 Å². The summed E-state index contributed by atoms with van der Waals surface area (Å²) in [4.78, 5) is 55.5. The molecular weight excluding hydrogens is 793 g/mol. The quantitative estimate of drug-likeness (QED) is 0.0767. The number of thiocarbonyl (C=S) groups is 1. The normalized spacial score (nSPS) is 15.5. The van der Waals surface area contributed by atoms with Crippen molar-refractivity contribution in [1.29, 1.82) is 0 Å². The van der Waals surface area contributed by atoms with Gasteiger partial charge >= 0.3 is 18.2 Å². The Hall–Kier alpha value is -5.16. The second-order valence-electron chi connectivity index (χ2n) is 14.2. The molecular formula is C39H44ClF3N4O9S. The molecule has 3 aromatic rings. The van der Waals surface area contributed by atoms with Crippen LogP contribution in [-0.2, 0) is 28.7 Å². The SMILES string of the molecule is CCC[C@@H](NC(=O)N1CC(=S)N(Cc2c(OC)cc(OC)cc2OC)C[C@H](Cc2ccc(Cl)c(C(F)(F)F)c2)C1=O)c1ccc(C(=O)OC(C)(C)C)c([N+](=O)[O-])c1. The van der Waals surface area contributed by atoms with E-state index in [-0.39, 0.29) is 54.2 Å². The van der Waals surface area contributed by atoms with Gasteiger partial charge in [0.15, 0.2) is 0 Å². The molecule has 0 bridgehead atoms. The maximum Gasteiger partial charge on any atom is 0.417 e. The van der Waals surface area contributed by atoms with Crippen LogP contribution in [0.15, 0.2) is 48.5 Å². The summed E-state index contributed by atoms with van der Waals surface area (Å²) in [5.74, 6) is -1.54. The average molecular weight is 837 g/mol. The van der Waals surface area contributed by atoms with Crippen molar-refractivity contribution in [2.45, 2.75) is 71.3 Å². The van der Waals surface area contributed by atoms with Crippen molar-refractivity contribution in [3.05, 3.63) is 91.5 Å². The lowest BCUT2D eigenvalue weighted by Crippen LogP contribution is -2.48. The molecule has 1 fully saturated rings.